The van der Waals surface area contributed by atoms with Gasteiger partial charge in [0.2, 0.25) is 11.8 Å². The van der Waals surface area contributed by atoms with E-state index in [0.717, 1.165) is 10.4 Å². The molecule has 2 amide bonds. The lowest BCUT2D eigenvalue weighted by Gasteiger charge is -2.45. The molecule has 228 valence electrons. The molecule has 2 fully saturated rings. The number of carbonyl (C=O) groups is 3. The van der Waals surface area contributed by atoms with E-state index in [1.165, 1.54) is 30.2 Å². The average Bonchev–Trinajstić information content (AvgIpc) is 2.92. The molecule has 2 heterocycles. The first kappa shape index (κ1) is 32.5. The minimum Gasteiger partial charge on any atom is -0.469 e. The first-order chi connectivity index (χ1) is 19.3. The number of piperazine rings is 1. The van der Waals surface area contributed by atoms with Crippen molar-refractivity contribution in [2.24, 2.45) is 17.8 Å². The van der Waals surface area contributed by atoms with Gasteiger partial charge in [-0.1, -0.05) is 39.8 Å². The van der Waals surface area contributed by atoms with Crippen LogP contribution in [0.25, 0.3) is 0 Å². The average molecular weight is 595 g/mol. The van der Waals surface area contributed by atoms with Crippen molar-refractivity contribution in [2.45, 2.75) is 76.8 Å². The highest BCUT2D eigenvalue weighted by molar-refractivity contribution is 7.89. The number of ether oxygens (including phenoxy) is 1. The first-order valence-corrected chi connectivity index (χ1v) is 15.6. The third-order valence-corrected chi connectivity index (χ3v) is 9.74. The number of nitro groups is 1. The number of para-hydroxylation sites is 1. The molecule has 2 aliphatic heterocycles. The Labute approximate surface area is 242 Å². The zero-order valence-electron chi connectivity index (χ0n) is 24.5. The van der Waals surface area contributed by atoms with Crippen LogP contribution in [0.5, 0.6) is 0 Å². The molecule has 0 aliphatic carbocycles. The summed E-state index contributed by atoms with van der Waals surface area (Å²) in [6.45, 7) is 8.52. The second-order valence-electron chi connectivity index (χ2n) is 11.7. The fourth-order valence-electron chi connectivity index (χ4n) is 5.70. The van der Waals surface area contributed by atoms with Gasteiger partial charge in [0.1, 0.15) is 12.1 Å². The number of rotatable bonds is 11. The fourth-order valence-corrected chi connectivity index (χ4v) is 7.44. The van der Waals surface area contributed by atoms with Crippen molar-refractivity contribution in [3.05, 3.63) is 34.4 Å². The molecule has 1 aromatic carbocycles. The Morgan fingerprint density at radius 1 is 1.05 bits per heavy atom. The van der Waals surface area contributed by atoms with Crippen molar-refractivity contribution >= 4 is 33.5 Å². The van der Waals surface area contributed by atoms with Gasteiger partial charge in [0, 0.05) is 38.7 Å². The molecule has 1 unspecified atom stereocenters. The molecule has 0 aromatic heterocycles. The summed E-state index contributed by atoms with van der Waals surface area (Å²) in [5.74, 6) is -0.759. The Balaban J connectivity index is 1.88. The molecule has 12 nitrogen and oxygen atoms in total. The number of sulfonamides is 1. The molecule has 3 rings (SSSR count). The zero-order chi connectivity index (χ0) is 30.5. The van der Waals surface area contributed by atoms with Gasteiger partial charge >= 0.3 is 5.97 Å². The number of benzene rings is 1. The van der Waals surface area contributed by atoms with Crippen LogP contribution in [-0.2, 0) is 29.1 Å². The topological polar surface area (TPSA) is 147 Å². The van der Waals surface area contributed by atoms with Gasteiger partial charge in [0.25, 0.3) is 15.7 Å². The summed E-state index contributed by atoms with van der Waals surface area (Å²) < 4.78 is 33.4. The number of nitrogens with zero attached hydrogens (tertiary/aromatic N) is 4. The molecular formula is C28H42N4O8S. The number of hydrogen-bond donors (Lipinski definition) is 0. The van der Waals surface area contributed by atoms with Crippen LogP contribution in [0.3, 0.4) is 0 Å². The number of esters is 1. The maximum atomic E-state index is 14.0. The summed E-state index contributed by atoms with van der Waals surface area (Å²) in [6, 6.07) is 3.28. The van der Waals surface area contributed by atoms with E-state index >= 15 is 0 Å². The Morgan fingerprint density at radius 3 is 2.24 bits per heavy atom. The van der Waals surface area contributed by atoms with Crippen molar-refractivity contribution < 1.29 is 32.5 Å². The number of likely N-dealkylation sites (tertiary alicyclic amines) is 1. The molecule has 0 bridgehead atoms. The number of amides is 2. The van der Waals surface area contributed by atoms with Gasteiger partial charge in [-0.15, -0.1) is 0 Å². The monoisotopic (exact) mass is 594 g/mol. The van der Waals surface area contributed by atoms with E-state index in [9.17, 15) is 32.9 Å². The van der Waals surface area contributed by atoms with E-state index in [4.69, 9.17) is 4.74 Å². The molecule has 13 heteroatoms. The summed E-state index contributed by atoms with van der Waals surface area (Å²) in [5.41, 5.74) is -0.547. The maximum absolute atomic E-state index is 14.0. The molecule has 2 saturated heterocycles. The smallest absolute Gasteiger partial charge is 0.305 e. The second-order valence-corrected chi connectivity index (χ2v) is 13.6. The number of hydrogen-bond acceptors (Lipinski definition) is 8. The van der Waals surface area contributed by atoms with Crippen LogP contribution in [0.2, 0.25) is 0 Å². The summed E-state index contributed by atoms with van der Waals surface area (Å²) in [4.78, 5) is 53.3. The third-order valence-electron chi connectivity index (χ3n) is 7.79. The van der Waals surface area contributed by atoms with Crippen molar-refractivity contribution in [3.8, 4) is 0 Å². The van der Waals surface area contributed by atoms with Crippen LogP contribution in [0, 0.1) is 27.9 Å². The van der Waals surface area contributed by atoms with Crippen molar-refractivity contribution in [3.63, 3.8) is 0 Å². The minimum atomic E-state index is -4.39. The zero-order valence-corrected chi connectivity index (χ0v) is 25.3. The van der Waals surface area contributed by atoms with E-state index in [1.54, 1.807) is 4.90 Å². The van der Waals surface area contributed by atoms with E-state index < -0.39 is 43.5 Å². The predicted octanol–water partition coefficient (Wildman–Crippen LogP) is 3.06. The van der Waals surface area contributed by atoms with Crippen molar-refractivity contribution in [1.82, 2.24) is 14.1 Å². The number of piperidine rings is 1. The molecule has 41 heavy (non-hydrogen) atoms. The SMILES string of the molecule is COC(=O)CC1CCN(C(=O)C(CC(C)C)N2CCN(S(=O)(=O)c3ccccc3[N+](=O)[O-])[C@@H](CC(C)C)C2=O)CC1. The van der Waals surface area contributed by atoms with Crippen LogP contribution in [-0.4, -0.2) is 90.6 Å². The van der Waals surface area contributed by atoms with Crippen LogP contribution in [0.1, 0.15) is 59.8 Å². The summed E-state index contributed by atoms with van der Waals surface area (Å²) >= 11 is 0. The van der Waals surface area contributed by atoms with Gasteiger partial charge in [-0.05, 0) is 49.5 Å². The van der Waals surface area contributed by atoms with Gasteiger partial charge in [-0.2, -0.15) is 4.31 Å². The Bertz CT molecular complexity index is 1230. The fraction of sp³-hybridized carbons (Fsp3) is 0.679. The van der Waals surface area contributed by atoms with Crippen molar-refractivity contribution in [2.75, 3.05) is 33.3 Å². The van der Waals surface area contributed by atoms with Crippen LogP contribution < -0.4 is 0 Å². The lowest BCUT2D eigenvalue weighted by molar-refractivity contribution is -0.387. The van der Waals surface area contributed by atoms with Crippen LogP contribution >= 0.6 is 0 Å². The predicted molar refractivity (Wildman–Crippen MR) is 151 cm³/mol. The highest BCUT2D eigenvalue weighted by Crippen LogP contribution is 2.33. The Kier molecular flexibility index (Phi) is 10.9. The largest absolute Gasteiger partial charge is 0.469 e. The lowest BCUT2D eigenvalue weighted by Crippen LogP contribution is -2.64. The van der Waals surface area contributed by atoms with Crippen molar-refractivity contribution in [1.29, 1.82) is 0 Å². The number of nitro benzene ring substituents is 1. The molecule has 0 N–H and O–H groups in total. The molecule has 1 aromatic rings. The molecule has 0 radical (unpaired) electrons. The summed E-state index contributed by atoms with van der Waals surface area (Å²) in [7, 11) is -3.03. The molecule has 0 saturated carbocycles. The highest BCUT2D eigenvalue weighted by Gasteiger charge is 2.47. The molecule has 0 spiro atoms. The standard InChI is InChI=1S/C28H42N4O8S/c1-19(2)16-23(27(34)29-12-10-21(11-13-29)18-26(33)40-5)30-14-15-31(24(28(30)35)17-20(3)4)41(38,39)25-9-7-6-8-22(25)32(36)37/h6-9,19-21,23-24H,10-18H2,1-5H3/t23?,24-/m0/s1. The van der Waals surface area contributed by atoms with Gasteiger partial charge in [-0.3, -0.25) is 24.5 Å². The minimum absolute atomic E-state index is 0.00474. The Morgan fingerprint density at radius 2 is 1.68 bits per heavy atom. The molecule has 2 atom stereocenters. The van der Waals surface area contributed by atoms with Crippen LogP contribution in [0.4, 0.5) is 5.69 Å². The van der Waals surface area contributed by atoms with E-state index in [0.29, 0.717) is 38.8 Å². The Hall–Kier alpha value is -3.06. The number of methoxy groups -OCH3 is 1. The second kappa shape index (κ2) is 13.7. The van der Waals surface area contributed by atoms with E-state index in [-0.39, 0.29) is 49.1 Å². The van der Waals surface area contributed by atoms with E-state index in [2.05, 4.69) is 0 Å². The number of carbonyl (C=O) groups excluding carboxylic acids is 3. The quantitative estimate of drug-likeness (QED) is 0.216. The first-order valence-electron chi connectivity index (χ1n) is 14.2. The maximum Gasteiger partial charge on any atom is 0.305 e. The normalized spacial score (nSPS) is 20.0. The van der Waals surface area contributed by atoms with Crippen LogP contribution in [0.15, 0.2) is 29.2 Å². The van der Waals surface area contributed by atoms with Gasteiger partial charge in [-0.25, -0.2) is 8.42 Å². The third kappa shape index (κ3) is 7.62. The van der Waals surface area contributed by atoms with Gasteiger partial charge < -0.3 is 14.5 Å². The molecular weight excluding hydrogens is 552 g/mol. The summed E-state index contributed by atoms with van der Waals surface area (Å²) in [6.07, 6.45) is 2.23. The molecule has 2 aliphatic rings. The van der Waals surface area contributed by atoms with Gasteiger partial charge in [0.15, 0.2) is 4.90 Å². The summed E-state index contributed by atoms with van der Waals surface area (Å²) in [5, 5.41) is 11.6. The van der Waals surface area contributed by atoms with E-state index in [1.807, 2.05) is 27.7 Å². The highest BCUT2D eigenvalue weighted by atomic mass is 32.2. The van der Waals surface area contributed by atoms with Gasteiger partial charge in [0.05, 0.1) is 12.0 Å². The lowest BCUT2D eigenvalue weighted by atomic mass is 9.92.